The Hall–Kier alpha value is -1.24. The summed E-state index contributed by atoms with van der Waals surface area (Å²) in [5, 5.41) is 11.4. The summed E-state index contributed by atoms with van der Waals surface area (Å²) >= 11 is 1.48. The van der Waals surface area contributed by atoms with Crippen molar-refractivity contribution in [3.8, 4) is 0 Å². The molecule has 6 nitrogen and oxygen atoms in total. The van der Waals surface area contributed by atoms with Crippen molar-refractivity contribution >= 4 is 17.9 Å². The fraction of sp³-hybridized carbons (Fsp3) is 0.786. The number of ether oxygens (including phenoxy) is 1. The Morgan fingerprint density at radius 1 is 1.38 bits per heavy atom. The Balaban J connectivity index is 2.82. The molecule has 1 rings (SSSR count). The first-order valence-electron chi connectivity index (χ1n) is 7.22. The van der Waals surface area contributed by atoms with Crippen LogP contribution in [0, 0.1) is 5.92 Å². The fourth-order valence-corrected chi connectivity index (χ4v) is 2.14. The molecule has 0 aromatic carbocycles. The van der Waals surface area contributed by atoms with E-state index in [1.807, 2.05) is 41.5 Å². The summed E-state index contributed by atoms with van der Waals surface area (Å²) in [6.45, 7) is 11.6. The minimum Gasteiger partial charge on any atom is -0.444 e. The molecule has 0 radical (unpaired) electrons. The highest BCUT2D eigenvalue weighted by molar-refractivity contribution is 7.99. The van der Waals surface area contributed by atoms with E-state index in [0.29, 0.717) is 11.1 Å². The van der Waals surface area contributed by atoms with Crippen LogP contribution in [0.1, 0.15) is 59.9 Å². The number of nitrogens with one attached hydrogen (secondary N) is 1. The van der Waals surface area contributed by atoms with E-state index in [4.69, 9.17) is 9.15 Å². The lowest BCUT2D eigenvalue weighted by molar-refractivity contribution is 0.0474. The van der Waals surface area contributed by atoms with E-state index in [-0.39, 0.29) is 12.0 Å². The number of alkyl carbamates (subject to hydrolysis) is 1. The van der Waals surface area contributed by atoms with Crippen molar-refractivity contribution in [3.63, 3.8) is 0 Å². The van der Waals surface area contributed by atoms with E-state index in [0.717, 1.165) is 12.2 Å². The first-order valence-corrected chi connectivity index (χ1v) is 8.21. The normalized spacial score (nSPS) is 14.6. The zero-order valence-corrected chi connectivity index (χ0v) is 14.4. The number of hydrogen-bond acceptors (Lipinski definition) is 6. The zero-order valence-electron chi connectivity index (χ0n) is 13.6. The van der Waals surface area contributed by atoms with Gasteiger partial charge in [0.15, 0.2) is 0 Å². The molecule has 7 heteroatoms. The van der Waals surface area contributed by atoms with Crippen molar-refractivity contribution in [2.45, 2.75) is 64.8 Å². The van der Waals surface area contributed by atoms with Gasteiger partial charge in [0.05, 0.1) is 0 Å². The predicted octanol–water partition coefficient (Wildman–Crippen LogP) is 3.79. The van der Waals surface area contributed by atoms with Gasteiger partial charge in [-0.05, 0) is 32.4 Å². The van der Waals surface area contributed by atoms with Gasteiger partial charge >= 0.3 is 6.09 Å². The molecule has 0 saturated heterocycles. The second-order valence-electron chi connectivity index (χ2n) is 5.85. The van der Waals surface area contributed by atoms with E-state index in [1.54, 1.807) is 0 Å². The van der Waals surface area contributed by atoms with Crippen molar-refractivity contribution < 1.29 is 13.9 Å². The van der Waals surface area contributed by atoms with E-state index < -0.39 is 11.7 Å². The first-order chi connectivity index (χ1) is 9.76. The van der Waals surface area contributed by atoms with Crippen molar-refractivity contribution in [1.82, 2.24) is 15.5 Å². The van der Waals surface area contributed by atoms with Crippen LogP contribution in [0.25, 0.3) is 0 Å². The van der Waals surface area contributed by atoms with Crippen LogP contribution in [0.2, 0.25) is 0 Å². The minimum atomic E-state index is -0.540. The Morgan fingerprint density at radius 2 is 2.05 bits per heavy atom. The fourth-order valence-electron chi connectivity index (χ4n) is 1.65. The SMILES string of the molecule is CCSc1nnc([C@@H](NC(=O)OC(C)(C)C)[C@@H](C)CC)o1. The second-order valence-corrected chi connectivity index (χ2v) is 7.06. The Labute approximate surface area is 130 Å². The maximum Gasteiger partial charge on any atom is 0.408 e. The summed E-state index contributed by atoms with van der Waals surface area (Å²) in [4.78, 5) is 12.0. The maximum absolute atomic E-state index is 12.0. The average molecular weight is 315 g/mol. The molecule has 0 fully saturated rings. The number of rotatable bonds is 6. The third-order valence-electron chi connectivity index (χ3n) is 2.84. The second kappa shape index (κ2) is 7.68. The third-order valence-corrected chi connectivity index (χ3v) is 3.54. The van der Waals surface area contributed by atoms with Gasteiger partial charge in [-0.3, -0.25) is 0 Å². The molecule has 1 aromatic rings. The summed E-state index contributed by atoms with van der Waals surface area (Å²) in [6.07, 6.45) is 0.398. The van der Waals surface area contributed by atoms with Crippen molar-refractivity contribution in [3.05, 3.63) is 5.89 Å². The number of nitrogens with zero attached hydrogens (tertiary/aromatic N) is 2. The highest BCUT2D eigenvalue weighted by atomic mass is 32.2. The van der Waals surface area contributed by atoms with Gasteiger partial charge in [-0.1, -0.05) is 39.0 Å². The molecule has 1 aromatic heterocycles. The van der Waals surface area contributed by atoms with Crippen LogP contribution in [0.4, 0.5) is 4.79 Å². The summed E-state index contributed by atoms with van der Waals surface area (Å²) in [7, 11) is 0. The highest BCUT2D eigenvalue weighted by Gasteiger charge is 2.28. The van der Waals surface area contributed by atoms with E-state index in [2.05, 4.69) is 15.5 Å². The molecule has 0 aliphatic heterocycles. The molecular formula is C14H25N3O3S. The molecule has 120 valence electrons. The lowest BCUT2D eigenvalue weighted by Crippen LogP contribution is -2.37. The van der Waals surface area contributed by atoms with Crippen LogP contribution in [0.5, 0.6) is 0 Å². The molecule has 1 N–H and O–H groups in total. The Morgan fingerprint density at radius 3 is 2.57 bits per heavy atom. The monoisotopic (exact) mass is 315 g/mol. The molecule has 0 spiro atoms. The van der Waals surface area contributed by atoms with Gasteiger partial charge in [-0.2, -0.15) is 0 Å². The number of carbonyl (C=O) groups is 1. The lowest BCUT2D eigenvalue weighted by Gasteiger charge is -2.24. The zero-order chi connectivity index (χ0) is 16.0. The highest BCUT2D eigenvalue weighted by Crippen LogP contribution is 2.26. The number of thioether (sulfide) groups is 1. The van der Waals surface area contributed by atoms with Crippen LogP contribution >= 0.6 is 11.8 Å². The van der Waals surface area contributed by atoms with Crippen LogP contribution in [-0.4, -0.2) is 27.6 Å². The van der Waals surface area contributed by atoms with Crippen molar-refractivity contribution in [2.24, 2.45) is 5.92 Å². The molecule has 21 heavy (non-hydrogen) atoms. The topological polar surface area (TPSA) is 77.2 Å². The van der Waals surface area contributed by atoms with Gasteiger partial charge in [0.2, 0.25) is 5.89 Å². The smallest absolute Gasteiger partial charge is 0.408 e. The number of carbonyl (C=O) groups excluding carboxylic acids is 1. The van der Waals surface area contributed by atoms with Gasteiger partial charge < -0.3 is 14.5 Å². The van der Waals surface area contributed by atoms with Gasteiger partial charge in [0.1, 0.15) is 11.6 Å². The first kappa shape index (κ1) is 17.8. The number of amides is 1. The minimum absolute atomic E-state index is 0.164. The number of aromatic nitrogens is 2. The molecule has 1 amide bonds. The van der Waals surface area contributed by atoms with Crippen molar-refractivity contribution in [2.75, 3.05) is 5.75 Å². The molecule has 0 aliphatic carbocycles. The van der Waals surface area contributed by atoms with E-state index in [9.17, 15) is 4.79 Å². The number of hydrogen-bond donors (Lipinski definition) is 1. The summed E-state index contributed by atoms with van der Waals surface area (Å²) < 4.78 is 10.9. The molecule has 0 unspecified atom stereocenters. The lowest BCUT2D eigenvalue weighted by atomic mass is 9.99. The third kappa shape index (κ3) is 5.95. The summed E-state index contributed by atoms with van der Waals surface area (Å²) in [5.41, 5.74) is -0.540. The van der Waals surface area contributed by atoms with Crippen LogP contribution in [-0.2, 0) is 4.74 Å². The largest absolute Gasteiger partial charge is 0.444 e. The van der Waals surface area contributed by atoms with Gasteiger partial charge in [0, 0.05) is 0 Å². The maximum atomic E-state index is 12.0. The standard InChI is InChI=1S/C14H25N3O3S/c1-7-9(3)10(15-12(18)20-14(4,5)6)11-16-17-13(19-11)21-8-2/h9-10H,7-8H2,1-6H3,(H,15,18)/t9-,10-/m0/s1. The molecule has 0 saturated carbocycles. The molecule has 0 bridgehead atoms. The van der Waals surface area contributed by atoms with Gasteiger partial charge in [-0.25, -0.2) is 4.79 Å². The molecule has 1 heterocycles. The van der Waals surface area contributed by atoms with Gasteiger partial charge in [0.25, 0.3) is 5.22 Å². The quantitative estimate of drug-likeness (QED) is 0.805. The van der Waals surface area contributed by atoms with Crippen molar-refractivity contribution in [1.29, 1.82) is 0 Å². The van der Waals surface area contributed by atoms with E-state index in [1.165, 1.54) is 11.8 Å². The van der Waals surface area contributed by atoms with Gasteiger partial charge in [-0.15, -0.1) is 10.2 Å². The molecule has 0 aliphatic rings. The van der Waals surface area contributed by atoms with Crippen LogP contribution in [0.3, 0.4) is 0 Å². The predicted molar refractivity (Wildman–Crippen MR) is 82.3 cm³/mol. The molecular weight excluding hydrogens is 290 g/mol. The Bertz CT molecular complexity index is 457. The van der Waals surface area contributed by atoms with Crippen LogP contribution < -0.4 is 5.32 Å². The average Bonchev–Trinajstić information content (AvgIpc) is 2.82. The van der Waals surface area contributed by atoms with E-state index >= 15 is 0 Å². The summed E-state index contributed by atoms with van der Waals surface area (Å²) in [5.74, 6) is 1.44. The molecule has 2 atom stereocenters. The Kier molecular flexibility index (Phi) is 6.51. The van der Waals surface area contributed by atoms with Crippen LogP contribution in [0.15, 0.2) is 9.64 Å². The summed E-state index contributed by atoms with van der Waals surface area (Å²) in [6, 6.07) is -0.344.